The van der Waals surface area contributed by atoms with Crippen molar-refractivity contribution >= 4 is 0 Å². The van der Waals surface area contributed by atoms with Crippen LogP contribution in [-0.2, 0) is 17.7 Å². The van der Waals surface area contributed by atoms with E-state index in [1.807, 2.05) is 6.92 Å². The van der Waals surface area contributed by atoms with Crippen molar-refractivity contribution in [1.29, 1.82) is 0 Å². The summed E-state index contributed by atoms with van der Waals surface area (Å²) in [5.41, 5.74) is 5.28. The fourth-order valence-electron chi connectivity index (χ4n) is 2.71. The Morgan fingerprint density at radius 3 is 3.11 bits per heavy atom. The monoisotopic (exact) mass is 252 g/mol. The zero-order valence-electron chi connectivity index (χ0n) is 11.4. The Morgan fingerprint density at radius 2 is 2.50 bits per heavy atom. The molecule has 18 heavy (non-hydrogen) atoms. The molecule has 102 valence electrons. The van der Waals surface area contributed by atoms with Gasteiger partial charge in [-0.25, -0.2) is 0 Å². The van der Waals surface area contributed by atoms with Crippen molar-refractivity contribution in [3.8, 4) is 0 Å². The number of aromatic nitrogens is 2. The Bertz CT molecular complexity index is 371. The maximum atomic E-state index is 5.71. The van der Waals surface area contributed by atoms with Gasteiger partial charge in [-0.2, -0.15) is 5.10 Å². The van der Waals surface area contributed by atoms with Crippen molar-refractivity contribution in [2.75, 3.05) is 13.2 Å². The van der Waals surface area contributed by atoms with Gasteiger partial charge in [-0.1, -0.05) is 0 Å². The molecule has 0 bridgehead atoms. The molecule has 2 heterocycles. The molecule has 5 heteroatoms. The SMILES string of the molecule is CCn1nc(C)cc1CC(NN)C1CCCOC1. The lowest BCUT2D eigenvalue weighted by Gasteiger charge is -2.29. The van der Waals surface area contributed by atoms with E-state index in [-0.39, 0.29) is 6.04 Å². The third kappa shape index (κ3) is 3.10. The van der Waals surface area contributed by atoms with Crippen LogP contribution in [0.25, 0.3) is 0 Å². The Hall–Kier alpha value is -0.910. The molecule has 5 nitrogen and oxygen atoms in total. The zero-order valence-corrected chi connectivity index (χ0v) is 11.4. The van der Waals surface area contributed by atoms with Crippen LogP contribution < -0.4 is 11.3 Å². The highest BCUT2D eigenvalue weighted by Gasteiger charge is 2.24. The lowest BCUT2D eigenvalue weighted by Crippen LogP contribution is -2.45. The minimum atomic E-state index is 0.270. The summed E-state index contributed by atoms with van der Waals surface area (Å²) in [4.78, 5) is 0. The molecule has 0 aliphatic carbocycles. The van der Waals surface area contributed by atoms with E-state index in [4.69, 9.17) is 10.6 Å². The molecule has 2 atom stereocenters. The summed E-state index contributed by atoms with van der Waals surface area (Å²) in [6, 6.07) is 2.42. The number of aryl methyl sites for hydroxylation is 2. The molecule has 3 N–H and O–H groups in total. The van der Waals surface area contributed by atoms with Gasteiger partial charge in [-0.3, -0.25) is 16.0 Å². The van der Waals surface area contributed by atoms with E-state index in [9.17, 15) is 0 Å². The highest BCUT2D eigenvalue weighted by molar-refractivity contribution is 5.11. The first-order valence-electron chi connectivity index (χ1n) is 6.81. The van der Waals surface area contributed by atoms with Crippen molar-refractivity contribution < 1.29 is 4.74 Å². The predicted octanol–water partition coefficient (Wildman–Crippen LogP) is 1.01. The van der Waals surface area contributed by atoms with E-state index < -0.39 is 0 Å². The van der Waals surface area contributed by atoms with Crippen molar-refractivity contribution in [2.24, 2.45) is 11.8 Å². The van der Waals surface area contributed by atoms with Gasteiger partial charge in [-0.05, 0) is 38.7 Å². The van der Waals surface area contributed by atoms with Crippen LogP contribution in [0.4, 0.5) is 0 Å². The molecule has 1 aromatic heterocycles. The smallest absolute Gasteiger partial charge is 0.0596 e. The van der Waals surface area contributed by atoms with E-state index in [0.29, 0.717) is 5.92 Å². The maximum Gasteiger partial charge on any atom is 0.0596 e. The van der Waals surface area contributed by atoms with Gasteiger partial charge in [0.15, 0.2) is 0 Å². The van der Waals surface area contributed by atoms with E-state index in [1.54, 1.807) is 0 Å². The average molecular weight is 252 g/mol. The highest BCUT2D eigenvalue weighted by atomic mass is 16.5. The molecule has 0 radical (unpaired) electrons. The highest BCUT2D eigenvalue weighted by Crippen LogP contribution is 2.20. The number of nitrogens with one attached hydrogen (secondary N) is 1. The molecule has 1 saturated heterocycles. The number of hydrogen-bond donors (Lipinski definition) is 2. The van der Waals surface area contributed by atoms with Crippen LogP contribution in [0.1, 0.15) is 31.2 Å². The van der Waals surface area contributed by atoms with Crippen LogP contribution >= 0.6 is 0 Å². The fourth-order valence-corrected chi connectivity index (χ4v) is 2.71. The molecule has 0 spiro atoms. The van der Waals surface area contributed by atoms with E-state index >= 15 is 0 Å². The summed E-state index contributed by atoms with van der Waals surface area (Å²) >= 11 is 0. The quantitative estimate of drug-likeness (QED) is 0.606. The first-order valence-corrected chi connectivity index (χ1v) is 6.81. The Morgan fingerprint density at radius 1 is 1.67 bits per heavy atom. The van der Waals surface area contributed by atoms with E-state index in [0.717, 1.165) is 38.3 Å². The van der Waals surface area contributed by atoms with Crippen molar-refractivity contribution in [1.82, 2.24) is 15.2 Å². The summed E-state index contributed by atoms with van der Waals surface area (Å²) in [5.74, 6) is 6.22. The summed E-state index contributed by atoms with van der Waals surface area (Å²) < 4.78 is 7.61. The van der Waals surface area contributed by atoms with Crippen molar-refractivity contribution in [3.05, 3.63) is 17.5 Å². The van der Waals surface area contributed by atoms with Gasteiger partial charge in [0.05, 0.1) is 12.3 Å². The first-order chi connectivity index (χ1) is 8.74. The molecular formula is C13H24N4O. The number of nitrogens with zero attached hydrogens (tertiary/aromatic N) is 2. The van der Waals surface area contributed by atoms with Crippen LogP contribution in [0.3, 0.4) is 0 Å². The molecule has 2 unspecified atom stereocenters. The second kappa shape index (κ2) is 6.31. The maximum absolute atomic E-state index is 5.71. The topological polar surface area (TPSA) is 65.1 Å². The van der Waals surface area contributed by atoms with Gasteiger partial charge in [-0.15, -0.1) is 0 Å². The standard InChI is InChI=1S/C13H24N4O/c1-3-17-12(7-10(2)16-17)8-13(15-14)11-5-4-6-18-9-11/h7,11,13,15H,3-6,8-9,14H2,1-2H3. The summed E-state index contributed by atoms with van der Waals surface area (Å²) in [7, 11) is 0. The van der Waals surface area contributed by atoms with Gasteiger partial charge < -0.3 is 4.74 Å². The van der Waals surface area contributed by atoms with Crippen molar-refractivity contribution in [3.63, 3.8) is 0 Å². The summed E-state index contributed by atoms with van der Waals surface area (Å²) in [6.07, 6.45) is 3.24. The van der Waals surface area contributed by atoms with Gasteiger partial charge in [0.25, 0.3) is 0 Å². The van der Waals surface area contributed by atoms with Crippen molar-refractivity contribution in [2.45, 2.75) is 45.7 Å². The van der Waals surface area contributed by atoms with Gasteiger partial charge in [0.1, 0.15) is 0 Å². The van der Waals surface area contributed by atoms with Gasteiger partial charge >= 0.3 is 0 Å². The lowest BCUT2D eigenvalue weighted by molar-refractivity contribution is 0.0390. The summed E-state index contributed by atoms with van der Waals surface area (Å²) in [5, 5.41) is 4.48. The second-order valence-electron chi connectivity index (χ2n) is 5.05. The third-order valence-electron chi connectivity index (χ3n) is 3.69. The number of hydrogen-bond acceptors (Lipinski definition) is 4. The predicted molar refractivity (Wildman–Crippen MR) is 71.0 cm³/mol. The molecule has 1 aliphatic rings. The number of hydrazine groups is 1. The Labute approximate surface area is 109 Å². The summed E-state index contributed by atoms with van der Waals surface area (Å²) in [6.45, 7) is 6.75. The van der Waals surface area contributed by atoms with Crippen LogP contribution in [-0.4, -0.2) is 29.0 Å². The zero-order chi connectivity index (χ0) is 13.0. The molecule has 1 aromatic rings. The first kappa shape index (κ1) is 13.5. The number of rotatable bonds is 5. The van der Waals surface area contributed by atoms with E-state index in [2.05, 4.69) is 28.2 Å². The van der Waals surface area contributed by atoms with Gasteiger partial charge in [0.2, 0.25) is 0 Å². The fraction of sp³-hybridized carbons (Fsp3) is 0.769. The Balaban J connectivity index is 2.04. The molecule has 1 aliphatic heterocycles. The van der Waals surface area contributed by atoms with Crippen LogP contribution in [0.5, 0.6) is 0 Å². The molecule has 0 aromatic carbocycles. The Kier molecular flexibility index (Phi) is 4.74. The molecule has 1 fully saturated rings. The normalized spacial score (nSPS) is 22.1. The minimum absolute atomic E-state index is 0.270. The van der Waals surface area contributed by atoms with Crippen LogP contribution in [0.15, 0.2) is 6.07 Å². The molecular weight excluding hydrogens is 228 g/mol. The number of nitrogens with two attached hydrogens (primary N) is 1. The van der Waals surface area contributed by atoms with Crippen LogP contribution in [0.2, 0.25) is 0 Å². The minimum Gasteiger partial charge on any atom is -0.381 e. The number of ether oxygens (including phenoxy) is 1. The molecule has 0 amide bonds. The second-order valence-corrected chi connectivity index (χ2v) is 5.05. The average Bonchev–Trinajstić information content (AvgIpc) is 2.77. The lowest BCUT2D eigenvalue weighted by atomic mass is 9.91. The van der Waals surface area contributed by atoms with Crippen LogP contribution in [0, 0.1) is 12.8 Å². The van der Waals surface area contributed by atoms with Gasteiger partial charge in [0, 0.05) is 31.3 Å². The molecule has 2 rings (SSSR count). The largest absolute Gasteiger partial charge is 0.381 e. The van der Waals surface area contributed by atoms with E-state index in [1.165, 1.54) is 12.1 Å². The third-order valence-corrected chi connectivity index (χ3v) is 3.69. The molecule has 0 saturated carbocycles.